The molecule has 0 spiro atoms. The van der Waals surface area contributed by atoms with Gasteiger partial charge in [-0.2, -0.15) is 0 Å². The second kappa shape index (κ2) is 7.61. The standard InChI is InChI=1S/C14H19NO3/c15-10-2-1-3-13(16)12-7-4-11(5-8-12)6-9-14(17)18/h4-5,7-8H,1-3,6,9-10,15H2,(H,17,18). The molecule has 0 aliphatic rings. The predicted octanol–water partition coefficient (Wildman–Crippen LogP) is 2.02. The molecular formula is C14H19NO3. The average molecular weight is 249 g/mol. The summed E-state index contributed by atoms with van der Waals surface area (Å²) in [6.45, 7) is 0.613. The fourth-order valence-corrected chi connectivity index (χ4v) is 1.68. The van der Waals surface area contributed by atoms with Gasteiger partial charge in [-0.05, 0) is 31.4 Å². The summed E-state index contributed by atoms with van der Waals surface area (Å²) in [5, 5.41) is 8.57. The van der Waals surface area contributed by atoms with Crippen molar-refractivity contribution < 1.29 is 14.7 Å². The largest absolute Gasteiger partial charge is 0.481 e. The Kier molecular flexibility index (Phi) is 6.08. The Bertz CT molecular complexity index is 398. The van der Waals surface area contributed by atoms with Crippen molar-refractivity contribution in [3.8, 4) is 0 Å². The van der Waals surface area contributed by atoms with Gasteiger partial charge in [-0.3, -0.25) is 9.59 Å². The number of carboxylic acids is 1. The number of unbranched alkanes of at least 4 members (excludes halogenated alkanes) is 1. The van der Waals surface area contributed by atoms with Gasteiger partial charge in [0.05, 0.1) is 0 Å². The molecule has 4 heteroatoms. The molecule has 98 valence electrons. The second-order valence-corrected chi connectivity index (χ2v) is 4.26. The summed E-state index contributed by atoms with van der Waals surface area (Å²) in [4.78, 5) is 22.2. The Labute approximate surface area is 107 Å². The summed E-state index contributed by atoms with van der Waals surface area (Å²) in [5.41, 5.74) is 7.00. The highest BCUT2D eigenvalue weighted by atomic mass is 16.4. The van der Waals surface area contributed by atoms with Crippen molar-refractivity contribution in [2.24, 2.45) is 5.73 Å². The van der Waals surface area contributed by atoms with Gasteiger partial charge in [0.1, 0.15) is 0 Å². The lowest BCUT2D eigenvalue weighted by Crippen LogP contribution is -2.03. The normalized spacial score (nSPS) is 10.3. The van der Waals surface area contributed by atoms with E-state index in [1.165, 1.54) is 0 Å². The molecule has 3 N–H and O–H groups in total. The summed E-state index contributed by atoms with van der Waals surface area (Å²) >= 11 is 0. The maximum atomic E-state index is 11.8. The van der Waals surface area contributed by atoms with Gasteiger partial charge in [0.2, 0.25) is 0 Å². The van der Waals surface area contributed by atoms with E-state index in [0.29, 0.717) is 24.9 Å². The molecule has 1 rings (SSSR count). The maximum absolute atomic E-state index is 11.8. The van der Waals surface area contributed by atoms with E-state index < -0.39 is 5.97 Å². The summed E-state index contributed by atoms with van der Waals surface area (Å²) in [6.07, 6.45) is 2.81. The van der Waals surface area contributed by atoms with Crippen molar-refractivity contribution >= 4 is 11.8 Å². The molecule has 0 heterocycles. The van der Waals surface area contributed by atoms with Gasteiger partial charge in [-0.1, -0.05) is 24.3 Å². The van der Waals surface area contributed by atoms with E-state index in [4.69, 9.17) is 10.8 Å². The van der Waals surface area contributed by atoms with E-state index in [2.05, 4.69) is 0 Å². The molecule has 0 aliphatic carbocycles. The van der Waals surface area contributed by atoms with E-state index in [0.717, 1.165) is 18.4 Å². The Balaban J connectivity index is 2.48. The first-order valence-electron chi connectivity index (χ1n) is 6.17. The van der Waals surface area contributed by atoms with E-state index in [-0.39, 0.29) is 12.2 Å². The second-order valence-electron chi connectivity index (χ2n) is 4.26. The number of rotatable bonds is 8. The summed E-state index contributed by atoms with van der Waals surface area (Å²) < 4.78 is 0. The van der Waals surface area contributed by atoms with Crippen molar-refractivity contribution in [3.05, 3.63) is 35.4 Å². The molecule has 18 heavy (non-hydrogen) atoms. The Morgan fingerprint density at radius 2 is 1.72 bits per heavy atom. The van der Waals surface area contributed by atoms with Gasteiger partial charge in [-0.25, -0.2) is 0 Å². The molecule has 0 radical (unpaired) electrons. The monoisotopic (exact) mass is 249 g/mol. The van der Waals surface area contributed by atoms with Crippen LogP contribution in [0.5, 0.6) is 0 Å². The fourth-order valence-electron chi connectivity index (χ4n) is 1.68. The van der Waals surface area contributed by atoms with E-state index in [9.17, 15) is 9.59 Å². The SMILES string of the molecule is NCCCCC(=O)c1ccc(CCC(=O)O)cc1. The van der Waals surface area contributed by atoms with Crippen molar-refractivity contribution in [3.63, 3.8) is 0 Å². The number of hydrogen-bond donors (Lipinski definition) is 2. The highest BCUT2D eigenvalue weighted by Gasteiger charge is 2.05. The highest BCUT2D eigenvalue weighted by molar-refractivity contribution is 5.96. The van der Waals surface area contributed by atoms with Crippen LogP contribution in [-0.2, 0) is 11.2 Å². The first kappa shape index (κ1) is 14.4. The molecule has 0 saturated carbocycles. The van der Waals surface area contributed by atoms with Gasteiger partial charge in [0, 0.05) is 18.4 Å². The van der Waals surface area contributed by atoms with Crippen LogP contribution in [-0.4, -0.2) is 23.4 Å². The topological polar surface area (TPSA) is 80.4 Å². The third-order valence-electron chi connectivity index (χ3n) is 2.76. The van der Waals surface area contributed by atoms with Crippen LogP contribution in [0, 0.1) is 0 Å². The van der Waals surface area contributed by atoms with Crippen LogP contribution in [0.25, 0.3) is 0 Å². The van der Waals surface area contributed by atoms with E-state index >= 15 is 0 Å². The number of carboxylic acid groups (broad SMARTS) is 1. The van der Waals surface area contributed by atoms with Crippen LogP contribution in [0.1, 0.15) is 41.6 Å². The lowest BCUT2D eigenvalue weighted by molar-refractivity contribution is -0.136. The van der Waals surface area contributed by atoms with Crippen LogP contribution < -0.4 is 5.73 Å². The number of carbonyl (C=O) groups is 2. The number of Topliss-reactive ketones (excluding diaryl/α,β-unsaturated/α-hetero) is 1. The van der Waals surface area contributed by atoms with Crippen LogP contribution in [0.4, 0.5) is 0 Å². The number of aryl methyl sites for hydroxylation is 1. The van der Waals surface area contributed by atoms with Gasteiger partial charge in [0.25, 0.3) is 0 Å². The minimum absolute atomic E-state index is 0.115. The first-order valence-corrected chi connectivity index (χ1v) is 6.17. The fraction of sp³-hybridized carbons (Fsp3) is 0.429. The predicted molar refractivity (Wildman–Crippen MR) is 69.6 cm³/mol. The number of nitrogens with two attached hydrogens (primary N) is 1. The van der Waals surface area contributed by atoms with Gasteiger partial charge < -0.3 is 10.8 Å². The average Bonchev–Trinajstić information content (AvgIpc) is 2.37. The molecule has 0 aliphatic heterocycles. The Morgan fingerprint density at radius 1 is 1.06 bits per heavy atom. The number of aliphatic carboxylic acids is 1. The van der Waals surface area contributed by atoms with Gasteiger partial charge in [-0.15, -0.1) is 0 Å². The zero-order valence-electron chi connectivity index (χ0n) is 10.4. The molecular weight excluding hydrogens is 230 g/mol. The number of carbonyl (C=O) groups excluding carboxylic acids is 1. The molecule has 0 unspecified atom stereocenters. The minimum Gasteiger partial charge on any atom is -0.481 e. The van der Waals surface area contributed by atoms with Crippen molar-refractivity contribution in [2.45, 2.75) is 32.1 Å². The van der Waals surface area contributed by atoms with Crippen LogP contribution in [0.2, 0.25) is 0 Å². The van der Waals surface area contributed by atoms with Crippen molar-refractivity contribution in [1.82, 2.24) is 0 Å². The van der Waals surface area contributed by atoms with Crippen molar-refractivity contribution in [2.75, 3.05) is 6.54 Å². The minimum atomic E-state index is -0.808. The third-order valence-corrected chi connectivity index (χ3v) is 2.76. The van der Waals surface area contributed by atoms with Crippen LogP contribution in [0.15, 0.2) is 24.3 Å². The van der Waals surface area contributed by atoms with E-state index in [1.54, 1.807) is 12.1 Å². The molecule has 0 fully saturated rings. The number of benzene rings is 1. The molecule has 4 nitrogen and oxygen atoms in total. The Morgan fingerprint density at radius 3 is 2.28 bits per heavy atom. The number of hydrogen-bond acceptors (Lipinski definition) is 3. The maximum Gasteiger partial charge on any atom is 0.303 e. The van der Waals surface area contributed by atoms with Crippen molar-refractivity contribution in [1.29, 1.82) is 0 Å². The zero-order valence-corrected chi connectivity index (χ0v) is 10.4. The lowest BCUT2D eigenvalue weighted by atomic mass is 10.0. The lowest BCUT2D eigenvalue weighted by Gasteiger charge is -2.03. The number of ketones is 1. The van der Waals surface area contributed by atoms with Gasteiger partial charge >= 0.3 is 5.97 Å². The summed E-state index contributed by atoms with van der Waals surface area (Å²) in [7, 11) is 0. The first-order chi connectivity index (χ1) is 8.63. The molecule has 1 aromatic rings. The van der Waals surface area contributed by atoms with E-state index in [1.807, 2.05) is 12.1 Å². The highest BCUT2D eigenvalue weighted by Crippen LogP contribution is 2.10. The smallest absolute Gasteiger partial charge is 0.303 e. The molecule has 0 saturated heterocycles. The molecule has 0 bridgehead atoms. The zero-order chi connectivity index (χ0) is 13.4. The molecule has 1 aromatic carbocycles. The van der Waals surface area contributed by atoms with Crippen LogP contribution >= 0.6 is 0 Å². The third kappa shape index (κ3) is 5.10. The summed E-state index contributed by atoms with van der Waals surface area (Å²) in [6, 6.07) is 7.17. The quantitative estimate of drug-likeness (QED) is 0.545. The summed E-state index contributed by atoms with van der Waals surface area (Å²) in [5.74, 6) is -0.690. The molecule has 0 atom stereocenters. The Hall–Kier alpha value is -1.68. The van der Waals surface area contributed by atoms with Gasteiger partial charge in [0.15, 0.2) is 5.78 Å². The molecule has 0 aromatic heterocycles. The van der Waals surface area contributed by atoms with Crippen LogP contribution in [0.3, 0.4) is 0 Å². The molecule has 0 amide bonds.